The fourth-order valence-electron chi connectivity index (χ4n) is 4.74. The number of nitrogens with zero attached hydrogens (tertiary/aromatic N) is 5. The molecule has 3 heterocycles. The Morgan fingerprint density at radius 1 is 1.12 bits per heavy atom. The lowest BCUT2D eigenvalue weighted by molar-refractivity contribution is -0.138. The molecule has 0 saturated carbocycles. The van der Waals surface area contributed by atoms with Gasteiger partial charge in [-0.1, -0.05) is 12.1 Å². The minimum Gasteiger partial charge on any atom is -0.363 e. The third-order valence-corrected chi connectivity index (χ3v) is 6.67. The number of halogens is 3. The van der Waals surface area contributed by atoms with Crippen LogP contribution in [0.15, 0.2) is 24.3 Å². The summed E-state index contributed by atoms with van der Waals surface area (Å²) >= 11 is 0. The molecule has 1 aromatic carbocycles. The number of likely N-dealkylation sites (N-methyl/N-ethyl adjacent to an activating group) is 1. The van der Waals surface area contributed by atoms with Crippen molar-refractivity contribution in [1.29, 1.82) is 0 Å². The minimum atomic E-state index is -4.39. The van der Waals surface area contributed by atoms with E-state index in [-0.39, 0.29) is 11.6 Å². The molecule has 1 N–H and O–H groups in total. The Hall–Kier alpha value is -2.94. The van der Waals surface area contributed by atoms with Gasteiger partial charge in [-0.25, -0.2) is 15.0 Å². The molecule has 6 nitrogen and oxygen atoms in total. The summed E-state index contributed by atoms with van der Waals surface area (Å²) in [6.07, 6.45) is -3.33. The molecule has 182 valence electrons. The number of aryl methyl sites for hydroxylation is 2. The highest BCUT2D eigenvalue weighted by atomic mass is 19.4. The standard InChI is InChI=1S/C25H31F3N6/c1-14-19(8-7-9-21(14)25(26,27)28)15(2)30-24-20-12-22(34-11-10-18(13-34)33(5)6)29-16(3)23(20)31-17(4)32-24/h7-9,12,15,18H,10-11,13H2,1-6H3,(H,30,31,32)/t15-,18-/m1/s1. The van der Waals surface area contributed by atoms with Gasteiger partial charge in [0.2, 0.25) is 0 Å². The van der Waals surface area contributed by atoms with E-state index in [4.69, 9.17) is 4.98 Å². The lowest BCUT2D eigenvalue weighted by Crippen LogP contribution is -2.31. The molecule has 0 unspecified atom stereocenters. The topological polar surface area (TPSA) is 57.2 Å². The molecule has 0 bridgehead atoms. The van der Waals surface area contributed by atoms with E-state index in [0.29, 0.717) is 23.2 Å². The predicted molar refractivity (Wildman–Crippen MR) is 129 cm³/mol. The van der Waals surface area contributed by atoms with Crippen molar-refractivity contribution in [1.82, 2.24) is 19.9 Å². The second-order valence-electron chi connectivity index (χ2n) is 9.32. The minimum absolute atomic E-state index is 0.218. The van der Waals surface area contributed by atoms with Crippen LogP contribution in [0.1, 0.15) is 47.6 Å². The first-order valence-corrected chi connectivity index (χ1v) is 11.5. The van der Waals surface area contributed by atoms with E-state index in [0.717, 1.165) is 48.0 Å². The zero-order valence-corrected chi connectivity index (χ0v) is 20.5. The lowest BCUT2D eigenvalue weighted by atomic mass is 9.97. The number of alkyl halides is 3. The Kier molecular flexibility index (Phi) is 6.42. The molecular formula is C25H31F3N6. The summed E-state index contributed by atoms with van der Waals surface area (Å²) in [5.41, 5.74) is 1.73. The molecule has 1 aliphatic rings. The van der Waals surface area contributed by atoms with Crippen molar-refractivity contribution in [3.63, 3.8) is 0 Å². The lowest BCUT2D eigenvalue weighted by Gasteiger charge is -2.23. The average Bonchev–Trinajstić information content (AvgIpc) is 3.24. The second kappa shape index (κ2) is 9.02. The van der Waals surface area contributed by atoms with Crippen molar-refractivity contribution in [2.24, 2.45) is 0 Å². The Bertz CT molecular complexity index is 1210. The number of hydrogen-bond acceptors (Lipinski definition) is 6. The summed E-state index contributed by atoms with van der Waals surface area (Å²) in [6, 6.07) is 6.37. The van der Waals surface area contributed by atoms with E-state index in [2.05, 4.69) is 39.2 Å². The van der Waals surface area contributed by atoms with Crippen LogP contribution in [0.5, 0.6) is 0 Å². The second-order valence-corrected chi connectivity index (χ2v) is 9.32. The highest BCUT2D eigenvalue weighted by Gasteiger charge is 2.33. The van der Waals surface area contributed by atoms with E-state index in [1.165, 1.54) is 13.0 Å². The van der Waals surface area contributed by atoms with Gasteiger partial charge < -0.3 is 15.1 Å². The number of fused-ring (bicyclic) bond motifs is 1. The molecule has 9 heteroatoms. The SMILES string of the molecule is Cc1nc(N[C@H](C)c2cccc(C(F)(F)F)c2C)c2cc(N3CC[C@@H](N(C)C)C3)nc(C)c2n1. The van der Waals surface area contributed by atoms with Crippen LogP contribution in [-0.4, -0.2) is 53.1 Å². The number of aromatic nitrogens is 3. The molecule has 34 heavy (non-hydrogen) atoms. The van der Waals surface area contributed by atoms with E-state index >= 15 is 0 Å². The average molecular weight is 473 g/mol. The zero-order valence-electron chi connectivity index (χ0n) is 20.5. The molecule has 2 aromatic heterocycles. The predicted octanol–water partition coefficient (Wildman–Crippen LogP) is 5.28. The van der Waals surface area contributed by atoms with Gasteiger partial charge in [0.05, 0.1) is 22.8 Å². The summed E-state index contributed by atoms with van der Waals surface area (Å²) in [4.78, 5) is 18.5. The summed E-state index contributed by atoms with van der Waals surface area (Å²) < 4.78 is 40.3. The molecule has 1 saturated heterocycles. The van der Waals surface area contributed by atoms with E-state index in [1.807, 2.05) is 19.9 Å². The third kappa shape index (κ3) is 4.66. The largest absolute Gasteiger partial charge is 0.416 e. The summed E-state index contributed by atoms with van der Waals surface area (Å²) in [6.45, 7) is 8.90. The van der Waals surface area contributed by atoms with Crippen LogP contribution >= 0.6 is 0 Å². The molecule has 0 aliphatic carbocycles. The fourth-order valence-corrected chi connectivity index (χ4v) is 4.74. The number of hydrogen-bond donors (Lipinski definition) is 1. The van der Waals surface area contributed by atoms with Crippen LogP contribution in [-0.2, 0) is 6.18 Å². The number of anilines is 2. The number of nitrogens with one attached hydrogen (secondary N) is 1. The van der Waals surface area contributed by atoms with Crippen molar-refractivity contribution >= 4 is 22.5 Å². The molecular weight excluding hydrogens is 441 g/mol. The van der Waals surface area contributed by atoms with Gasteiger partial charge in [0.25, 0.3) is 0 Å². The quantitative estimate of drug-likeness (QED) is 0.545. The van der Waals surface area contributed by atoms with Crippen molar-refractivity contribution in [3.8, 4) is 0 Å². The molecule has 0 spiro atoms. The molecule has 3 aromatic rings. The first-order valence-electron chi connectivity index (χ1n) is 11.5. The van der Waals surface area contributed by atoms with Crippen molar-refractivity contribution < 1.29 is 13.2 Å². The molecule has 4 rings (SSSR count). The van der Waals surface area contributed by atoms with Gasteiger partial charge in [0, 0.05) is 24.5 Å². The zero-order chi connectivity index (χ0) is 24.8. The highest BCUT2D eigenvalue weighted by Crippen LogP contribution is 2.36. The van der Waals surface area contributed by atoms with Gasteiger partial charge in [-0.2, -0.15) is 13.2 Å². The van der Waals surface area contributed by atoms with Crippen LogP contribution in [0, 0.1) is 20.8 Å². The van der Waals surface area contributed by atoms with Crippen molar-refractivity contribution in [2.45, 2.75) is 52.4 Å². The van der Waals surface area contributed by atoms with Crippen molar-refractivity contribution in [3.05, 3.63) is 52.5 Å². The first kappa shape index (κ1) is 24.2. The Morgan fingerprint density at radius 3 is 2.50 bits per heavy atom. The number of benzene rings is 1. The van der Waals surface area contributed by atoms with Gasteiger partial charge in [-0.3, -0.25) is 0 Å². The molecule has 0 radical (unpaired) electrons. The van der Waals surface area contributed by atoms with Gasteiger partial charge in [-0.05, 0) is 71.5 Å². The van der Waals surface area contributed by atoms with Crippen LogP contribution in [0.4, 0.5) is 24.8 Å². The van der Waals surface area contributed by atoms with Gasteiger partial charge in [0.15, 0.2) is 0 Å². The Labute approximate surface area is 198 Å². The maximum atomic E-state index is 13.4. The maximum Gasteiger partial charge on any atom is 0.416 e. The maximum absolute atomic E-state index is 13.4. The summed E-state index contributed by atoms with van der Waals surface area (Å²) in [7, 11) is 4.17. The van der Waals surface area contributed by atoms with E-state index < -0.39 is 11.7 Å². The van der Waals surface area contributed by atoms with E-state index in [1.54, 1.807) is 13.0 Å². The molecule has 1 fully saturated rings. The molecule has 2 atom stereocenters. The summed E-state index contributed by atoms with van der Waals surface area (Å²) in [5, 5.41) is 4.18. The smallest absolute Gasteiger partial charge is 0.363 e. The van der Waals surface area contributed by atoms with Gasteiger partial charge >= 0.3 is 6.18 Å². The van der Waals surface area contributed by atoms with Crippen LogP contribution < -0.4 is 10.2 Å². The van der Waals surface area contributed by atoms with Crippen LogP contribution in [0.3, 0.4) is 0 Å². The fraction of sp³-hybridized carbons (Fsp3) is 0.480. The van der Waals surface area contributed by atoms with Crippen molar-refractivity contribution in [2.75, 3.05) is 37.4 Å². The highest BCUT2D eigenvalue weighted by molar-refractivity contribution is 5.92. The van der Waals surface area contributed by atoms with Crippen LogP contribution in [0.25, 0.3) is 10.9 Å². The molecule has 1 aliphatic heterocycles. The number of pyridine rings is 1. The summed E-state index contributed by atoms with van der Waals surface area (Å²) in [5.74, 6) is 2.05. The van der Waals surface area contributed by atoms with E-state index in [9.17, 15) is 13.2 Å². The van der Waals surface area contributed by atoms with Gasteiger partial charge in [0.1, 0.15) is 17.5 Å². The Morgan fingerprint density at radius 2 is 1.85 bits per heavy atom. The normalized spacial score (nSPS) is 17.6. The monoisotopic (exact) mass is 472 g/mol. The van der Waals surface area contributed by atoms with Crippen LogP contribution in [0.2, 0.25) is 0 Å². The molecule has 0 amide bonds. The third-order valence-electron chi connectivity index (χ3n) is 6.67. The first-order chi connectivity index (χ1) is 16.0. The number of rotatable bonds is 5. The Balaban J connectivity index is 1.72. The van der Waals surface area contributed by atoms with Gasteiger partial charge in [-0.15, -0.1) is 0 Å².